The van der Waals surface area contributed by atoms with Gasteiger partial charge in [0.25, 0.3) is 11.8 Å². The third kappa shape index (κ3) is 3.81. The van der Waals surface area contributed by atoms with Crippen LogP contribution in [-0.4, -0.2) is 47.0 Å². The van der Waals surface area contributed by atoms with Crippen molar-refractivity contribution in [1.29, 1.82) is 0 Å². The highest BCUT2D eigenvalue weighted by atomic mass is 16.5. The van der Waals surface area contributed by atoms with Gasteiger partial charge in [-0.3, -0.25) is 9.59 Å². The molecule has 3 aromatic rings. The third-order valence-corrected chi connectivity index (χ3v) is 5.98. The summed E-state index contributed by atoms with van der Waals surface area (Å²) >= 11 is 0. The number of likely N-dealkylation sites (tertiary alicyclic amines) is 1. The quantitative estimate of drug-likeness (QED) is 0.652. The molecule has 2 aliphatic rings. The fraction of sp³-hybridized carbons (Fsp3) is 0.280. The Balaban J connectivity index is 1.41. The van der Waals surface area contributed by atoms with Crippen molar-refractivity contribution in [2.45, 2.75) is 25.4 Å². The molecule has 0 unspecified atom stereocenters. The monoisotopic (exact) mass is 415 g/mol. The van der Waals surface area contributed by atoms with E-state index in [1.165, 1.54) is 0 Å². The SMILES string of the molecule is O=C([C@@H]1CN(C(=O)c2ccc(-n3cccc3)cc2)c2ccccc2O1)N1CCCCC1. The number of carbonyl (C=O) groups is 2. The zero-order chi connectivity index (χ0) is 21.2. The van der Waals surface area contributed by atoms with Crippen LogP contribution in [0, 0.1) is 0 Å². The molecule has 0 aliphatic carbocycles. The first-order valence-electron chi connectivity index (χ1n) is 10.8. The molecule has 3 heterocycles. The third-order valence-electron chi connectivity index (χ3n) is 5.98. The Hall–Kier alpha value is -3.54. The smallest absolute Gasteiger partial charge is 0.265 e. The van der Waals surface area contributed by atoms with Gasteiger partial charge in [0.1, 0.15) is 5.75 Å². The average molecular weight is 415 g/mol. The van der Waals surface area contributed by atoms with Gasteiger partial charge in [-0.25, -0.2) is 0 Å². The summed E-state index contributed by atoms with van der Waals surface area (Å²) in [5, 5.41) is 0. The number of ether oxygens (including phenoxy) is 1. The highest BCUT2D eigenvalue weighted by Crippen LogP contribution is 2.34. The van der Waals surface area contributed by atoms with Crippen LogP contribution in [0.5, 0.6) is 5.75 Å². The number of piperidine rings is 1. The number of hydrogen-bond acceptors (Lipinski definition) is 3. The van der Waals surface area contributed by atoms with Crippen LogP contribution in [0.4, 0.5) is 5.69 Å². The maximum Gasteiger partial charge on any atom is 0.265 e. The van der Waals surface area contributed by atoms with Gasteiger partial charge in [0.05, 0.1) is 12.2 Å². The fourth-order valence-corrected chi connectivity index (χ4v) is 4.31. The van der Waals surface area contributed by atoms with Crippen LogP contribution in [-0.2, 0) is 4.79 Å². The van der Waals surface area contributed by atoms with Gasteiger partial charge in [-0.1, -0.05) is 12.1 Å². The molecule has 0 spiro atoms. The van der Waals surface area contributed by atoms with Crippen LogP contribution >= 0.6 is 0 Å². The molecule has 1 aromatic heterocycles. The van der Waals surface area contributed by atoms with E-state index in [2.05, 4.69) is 0 Å². The average Bonchev–Trinajstić information content (AvgIpc) is 3.38. The van der Waals surface area contributed by atoms with Gasteiger partial charge < -0.3 is 19.1 Å². The van der Waals surface area contributed by atoms with E-state index in [1.807, 2.05) is 82.5 Å². The Morgan fingerprint density at radius 2 is 1.55 bits per heavy atom. The molecule has 1 saturated heterocycles. The Kier molecular flexibility index (Phi) is 5.20. The van der Waals surface area contributed by atoms with Crippen molar-refractivity contribution in [1.82, 2.24) is 9.47 Å². The molecule has 31 heavy (non-hydrogen) atoms. The van der Waals surface area contributed by atoms with Gasteiger partial charge in [-0.15, -0.1) is 0 Å². The van der Waals surface area contributed by atoms with Crippen molar-refractivity contribution in [3.8, 4) is 11.4 Å². The lowest BCUT2D eigenvalue weighted by atomic mass is 10.1. The van der Waals surface area contributed by atoms with Crippen molar-refractivity contribution in [3.63, 3.8) is 0 Å². The Labute approximate surface area is 181 Å². The van der Waals surface area contributed by atoms with Gasteiger partial charge in [-0.05, 0) is 67.8 Å². The summed E-state index contributed by atoms with van der Waals surface area (Å²) in [5.41, 5.74) is 2.27. The first-order chi connectivity index (χ1) is 15.2. The summed E-state index contributed by atoms with van der Waals surface area (Å²) in [4.78, 5) is 30.1. The van der Waals surface area contributed by atoms with Crippen molar-refractivity contribution < 1.29 is 14.3 Å². The molecule has 6 nitrogen and oxygen atoms in total. The van der Waals surface area contributed by atoms with Crippen LogP contribution in [0.1, 0.15) is 29.6 Å². The number of aromatic nitrogens is 1. The molecular weight excluding hydrogens is 390 g/mol. The number of nitrogens with zero attached hydrogens (tertiary/aromatic N) is 3. The molecule has 1 fully saturated rings. The van der Waals surface area contributed by atoms with Crippen LogP contribution in [0.15, 0.2) is 73.1 Å². The number of anilines is 1. The highest BCUT2D eigenvalue weighted by molar-refractivity contribution is 6.08. The van der Waals surface area contributed by atoms with Crippen molar-refractivity contribution in [2.24, 2.45) is 0 Å². The van der Waals surface area contributed by atoms with E-state index >= 15 is 0 Å². The van der Waals surface area contributed by atoms with E-state index in [4.69, 9.17) is 4.74 Å². The summed E-state index contributed by atoms with van der Waals surface area (Å²) < 4.78 is 8.03. The molecule has 1 atom stereocenters. The Morgan fingerprint density at radius 3 is 2.29 bits per heavy atom. The van der Waals surface area contributed by atoms with E-state index < -0.39 is 6.10 Å². The predicted molar refractivity (Wildman–Crippen MR) is 119 cm³/mol. The van der Waals surface area contributed by atoms with E-state index in [9.17, 15) is 9.59 Å². The summed E-state index contributed by atoms with van der Waals surface area (Å²) in [6, 6.07) is 18.9. The second-order valence-electron chi connectivity index (χ2n) is 8.01. The maximum absolute atomic E-state index is 13.4. The minimum Gasteiger partial charge on any atom is -0.476 e. The predicted octanol–water partition coefficient (Wildman–Crippen LogP) is 3.90. The first-order valence-corrected chi connectivity index (χ1v) is 10.8. The number of rotatable bonds is 3. The lowest BCUT2D eigenvalue weighted by Crippen LogP contribution is -2.52. The molecule has 2 aliphatic heterocycles. The second-order valence-corrected chi connectivity index (χ2v) is 8.01. The maximum atomic E-state index is 13.4. The minimum absolute atomic E-state index is 0.0324. The first kappa shape index (κ1) is 19.4. The van der Waals surface area contributed by atoms with E-state index in [1.54, 1.807) is 4.90 Å². The summed E-state index contributed by atoms with van der Waals surface area (Å²) in [6.07, 6.45) is 6.44. The molecule has 2 aromatic carbocycles. The van der Waals surface area contributed by atoms with Crippen molar-refractivity contribution in [3.05, 3.63) is 78.6 Å². The van der Waals surface area contributed by atoms with E-state index in [-0.39, 0.29) is 18.4 Å². The second kappa shape index (κ2) is 8.30. The van der Waals surface area contributed by atoms with Crippen LogP contribution < -0.4 is 9.64 Å². The molecule has 158 valence electrons. The molecule has 5 rings (SSSR count). The number of benzene rings is 2. The topological polar surface area (TPSA) is 54.8 Å². The molecular formula is C25H25N3O3. The minimum atomic E-state index is -0.684. The van der Waals surface area contributed by atoms with Crippen molar-refractivity contribution >= 4 is 17.5 Å². The van der Waals surface area contributed by atoms with E-state index in [0.29, 0.717) is 17.0 Å². The zero-order valence-electron chi connectivity index (χ0n) is 17.3. The van der Waals surface area contributed by atoms with E-state index in [0.717, 1.165) is 38.0 Å². The molecule has 0 saturated carbocycles. The van der Waals surface area contributed by atoms with Gasteiger partial charge in [0.2, 0.25) is 0 Å². The van der Waals surface area contributed by atoms with Crippen molar-refractivity contribution in [2.75, 3.05) is 24.5 Å². The zero-order valence-corrected chi connectivity index (χ0v) is 17.3. The Morgan fingerprint density at radius 1 is 0.839 bits per heavy atom. The summed E-state index contributed by atoms with van der Waals surface area (Å²) in [5.74, 6) is 0.405. The molecule has 0 radical (unpaired) electrons. The lowest BCUT2D eigenvalue weighted by molar-refractivity contribution is -0.139. The van der Waals surface area contributed by atoms with Crippen LogP contribution in [0.25, 0.3) is 5.69 Å². The molecule has 0 N–H and O–H groups in total. The molecule has 0 bridgehead atoms. The molecule has 2 amide bonds. The number of carbonyl (C=O) groups excluding carboxylic acids is 2. The highest BCUT2D eigenvalue weighted by Gasteiger charge is 2.36. The number of amides is 2. The fourth-order valence-electron chi connectivity index (χ4n) is 4.31. The van der Waals surface area contributed by atoms with Gasteiger partial charge in [0.15, 0.2) is 6.10 Å². The normalized spacial score (nSPS) is 18.3. The number of fused-ring (bicyclic) bond motifs is 1. The largest absolute Gasteiger partial charge is 0.476 e. The number of hydrogen-bond donors (Lipinski definition) is 0. The Bertz CT molecular complexity index is 1070. The van der Waals surface area contributed by atoms with Gasteiger partial charge in [0, 0.05) is 36.7 Å². The summed E-state index contributed by atoms with van der Waals surface area (Å²) in [7, 11) is 0. The van der Waals surface area contributed by atoms with Crippen LogP contribution in [0.2, 0.25) is 0 Å². The van der Waals surface area contributed by atoms with Gasteiger partial charge in [-0.2, -0.15) is 0 Å². The molecule has 6 heteroatoms. The summed E-state index contributed by atoms with van der Waals surface area (Å²) in [6.45, 7) is 1.73. The van der Waals surface area contributed by atoms with Gasteiger partial charge >= 0.3 is 0 Å². The van der Waals surface area contributed by atoms with Crippen LogP contribution in [0.3, 0.4) is 0 Å². The lowest BCUT2D eigenvalue weighted by Gasteiger charge is -2.37. The standard InChI is InChI=1S/C25H25N3O3/c29-24(19-10-12-20(13-11-19)26-14-6-7-15-26)28-18-23(25(30)27-16-4-1-5-17-27)31-22-9-3-2-8-21(22)28/h2-3,6-15,23H,1,4-5,16-18H2/t23-/m0/s1. The number of para-hydroxylation sites is 2.